The first-order chi connectivity index (χ1) is 15.5. The number of nitrogens with one attached hydrogen (secondary N) is 1. The number of hydrogen-bond donors (Lipinski definition) is 1. The minimum Gasteiger partial charge on any atom is -0.341 e. The molecule has 1 aromatic carbocycles. The average Bonchev–Trinajstić information content (AvgIpc) is 3.15. The Morgan fingerprint density at radius 3 is 2.81 bits per heavy atom. The fourth-order valence-corrected chi connectivity index (χ4v) is 5.55. The molecule has 1 aromatic heterocycles. The predicted octanol–water partition coefficient (Wildman–Crippen LogP) is 3.45. The zero-order valence-corrected chi connectivity index (χ0v) is 20.0. The summed E-state index contributed by atoms with van der Waals surface area (Å²) in [6, 6.07) is 11.4. The Morgan fingerprint density at radius 1 is 1.25 bits per heavy atom. The highest BCUT2D eigenvalue weighted by molar-refractivity contribution is 5.75. The van der Waals surface area contributed by atoms with Gasteiger partial charge in [-0.3, -0.25) is 14.4 Å². The summed E-state index contributed by atoms with van der Waals surface area (Å²) >= 11 is 0. The van der Waals surface area contributed by atoms with E-state index in [-0.39, 0.29) is 5.91 Å². The minimum absolute atomic E-state index is 0.233. The second-order valence-corrected chi connectivity index (χ2v) is 9.77. The van der Waals surface area contributed by atoms with E-state index in [2.05, 4.69) is 59.5 Å². The van der Waals surface area contributed by atoms with Crippen molar-refractivity contribution in [1.29, 1.82) is 0 Å². The molecule has 0 spiro atoms. The van der Waals surface area contributed by atoms with Crippen LogP contribution in [0.25, 0.3) is 0 Å². The van der Waals surface area contributed by atoms with E-state index >= 15 is 0 Å². The van der Waals surface area contributed by atoms with Gasteiger partial charge in [-0.25, -0.2) is 0 Å². The number of piperidine rings is 2. The molecule has 2 aromatic rings. The maximum Gasteiger partial charge on any atom is 0.222 e. The summed E-state index contributed by atoms with van der Waals surface area (Å²) in [5.41, 5.74) is 3.71. The van der Waals surface area contributed by atoms with E-state index in [9.17, 15) is 4.79 Å². The Bertz CT molecular complexity index is 880. The molecule has 174 valence electrons. The van der Waals surface area contributed by atoms with E-state index in [1.165, 1.54) is 18.5 Å². The Labute approximate surface area is 193 Å². The molecule has 2 aliphatic heterocycles. The molecule has 2 aliphatic rings. The quantitative estimate of drug-likeness (QED) is 0.653. The monoisotopic (exact) mass is 437 g/mol. The molecule has 1 N–H and O–H groups in total. The molecule has 6 nitrogen and oxygen atoms in total. The Kier molecular flexibility index (Phi) is 7.63. The third-order valence-corrected chi connectivity index (χ3v) is 7.38. The van der Waals surface area contributed by atoms with Crippen molar-refractivity contribution in [3.05, 3.63) is 53.3 Å². The fourth-order valence-electron chi connectivity index (χ4n) is 5.55. The lowest BCUT2D eigenvalue weighted by molar-refractivity contribution is -0.130. The Balaban J connectivity index is 1.23. The Hall–Kier alpha value is -2.18. The summed E-state index contributed by atoms with van der Waals surface area (Å²) in [6.07, 6.45) is 5.89. The largest absolute Gasteiger partial charge is 0.341 e. The third-order valence-electron chi connectivity index (χ3n) is 7.38. The molecule has 2 unspecified atom stereocenters. The number of hydrogen-bond acceptors (Lipinski definition) is 4. The summed E-state index contributed by atoms with van der Waals surface area (Å²) < 4.78 is 1.99. The number of aromatic nitrogens is 2. The summed E-state index contributed by atoms with van der Waals surface area (Å²) in [5, 5.41) is 8.20. The van der Waals surface area contributed by atoms with Crippen LogP contribution in [0.4, 0.5) is 0 Å². The van der Waals surface area contributed by atoms with Gasteiger partial charge in [0.1, 0.15) is 0 Å². The van der Waals surface area contributed by atoms with Gasteiger partial charge in [0.25, 0.3) is 0 Å². The molecule has 32 heavy (non-hydrogen) atoms. The van der Waals surface area contributed by atoms with Gasteiger partial charge < -0.3 is 10.2 Å². The number of amides is 1. The molecule has 2 fully saturated rings. The number of fused-ring (bicyclic) bond motifs is 2. The van der Waals surface area contributed by atoms with Gasteiger partial charge in [0.15, 0.2) is 0 Å². The maximum absolute atomic E-state index is 12.7. The van der Waals surface area contributed by atoms with Crippen molar-refractivity contribution in [2.75, 3.05) is 26.7 Å². The van der Waals surface area contributed by atoms with Gasteiger partial charge in [0.05, 0.1) is 6.20 Å². The molecule has 3 atom stereocenters. The summed E-state index contributed by atoms with van der Waals surface area (Å²) in [7, 11) is 1.91. The van der Waals surface area contributed by atoms with Crippen molar-refractivity contribution >= 4 is 5.91 Å². The normalized spacial score (nSPS) is 23.3. The Morgan fingerprint density at radius 2 is 2.06 bits per heavy atom. The molecule has 1 amide bonds. The van der Waals surface area contributed by atoms with Gasteiger partial charge in [-0.05, 0) is 57.1 Å². The average molecular weight is 438 g/mol. The van der Waals surface area contributed by atoms with Crippen LogP contribution in [0.2, 0.25) is 0 Å². The first-order valence-corrected chi connectivity index (χ1v) is 12.3. The van der Waals surface area contributed by atoms with Crippen LogP contribution in [-0.2, 0) is 24.4 Å². The van der Waals surface area contributed by atoms with Crippen LogP contribution in [-0.4, -0.2) is 58.2 Å². The van der Waals surface area contributed by atoms with Crippen molar-refractivity contribution in [3.8, 4) is 0 Å². The molecule has 2 bridgehead atoms. The summed E-state index contributed by atoms with van der Waals surface area (Å²) in [5.74, 6) is 1.69. The van der Waals surface area contributed by atoms with Crippen molar-refractivity contribution in [3.63, 3.8) is 0 Å². The molecular formula is C26H39N5O. The zero-order chi connectivity index (χ0) is 22.5. The fraction of sp³-hybridized carbons (Fsp3) is 0.615. The summed E-state index contributed by atoms with van der Waals surface area (Å²) in [4.78, 5) is 17.2. The zero-order valence-electron chi connectivity index (χ0n) is 20.0. The third kappa shape index (κ3) is 5.59. The first kappa shape index (κ1) is 23.0. The number of benzene rings is 1. The maximum atomic E-state index is 12.7. The van der Waals surface area contributed by atoms with Crippen LogP contribution in [0.5, 0.6) is 0 Å². The number of carbonyl (C=O) groups excluding carboxylic acids is 1. The molecule has 4 rings (SSSR count). The standard InChI is InChI=1S/C26H39N5O/c1-4-31-20(2)24(15-28-31)18-29(3)26(32)12-8-11-25-23-13-22(14-27-25)17-30(19-23)16-21-9-6-5-7-10-21/h5-7,9-10,15,22-23,25,27H,4,8,11-14,16-19H2,1-3H3/t22?,23?,25-/m1/s1. The van der Waals surface area contributed by atoms with E-state index in [0.29, 0.717) is 24.9 Å². The molecule has 0 radical (unpaired) electrons. The van der Waals surface area contributed by atoms with Gasteiger partial charge in [-0.2, -0.15) is 5.10 Å². The number of likely N-dealkylation sites (tertiary alicyclic amines) is 1. The highest BCUT2D eigenvalue weighted by Gasteiger charge is 2.36. The van der Waals surface area contributed by atoms with Crippen molar-refractivity contribution in [1.82, 2.24) is 24.9 Å². The van der Waals surface area contributed by atoms with Crippen LogP contribution >= 0.6 is 0 Å². The van der Waals surface area contributed by atoms with Gasteiger partial charge in [0, 0.05) is 63.5 Å². The highest BCUT2D eigenvalue weighted by Crippen LogP contribution is 2.31. The molecule has 0 aliphatic carbocycles. The lowest BCUT2D eigenvalue weighted by atomic mass is 9.79. The van der Waals surface area contributed by atoms with Gasteiger partial charge in [-0.15, -0.1) is 0 Å². The summed E-state index contributed by atoms with van der Waals surface area (Å²) in [6.45, 7) is 10.2. The molecule has 0 saturated carbocycles. The van der Waals surface area contributed by atoms with Crippen molar-refractivity contribution in [2.45, 2.75) is 65.2 Å². The first-order valence-electron chi connectivity index (χ1n) is 12.3. The number of carbonyl (C=O) groups is 1. The van der Waals surface area contributed by atoms with Crippen molar-refractivity contribution in [2.24, 2.45) is 11.8 Å². The highest BCUT2D eigenvalue weighted by atomic mass is 16.2. The second-order valence-electron chi connectivity index (χ2n) is 9.77. The van der Waals surface area contributed by atoms with E-state index in [4.69, 9.17) is 0 Å². The smallest absolute Gasteiger partial charge is 0.222 e. The van der Waals surface area contributed by atoms with Crippen LogP contribution in [0, 0.1) is 18.8 Å². The van der Waals surface area contributed by atoms with E-state index < -0.39 is 0 Å². The van der Waals surface area contributed by atoms with Crippen LogP contribution in [0.15, 0.2) is 36.5 Å². The second kappa shape index (κ2) is 10.6. The number of aryl methyl sites for hydroxylation is 1. The van der Waals surface area contributed by atoms with Crippen LogP contribution in [0.1, 0.15) is 49.4 Å². The number of rotatable bonds is 9. The minimum atomic E-state index is 0.233. The number of nitrogens with zero attached hydrogens (tertiary/aromatic N) is 4. The molecule has 3 heterocycles. The van der Waals surface area contributed by atoms with E-state index in [1.54, 1.807) is 0 Å². The van der Waals surface area contributed by atoms with Crippen molar-refractivity contribution < 1.29 is 4.79 Å². The topological polar surface area (TPSA) is 53.4 Å². The van der Waals surface area contributed by atoms with E-state index in [1.807, 2.05) is 22.8 Å². The molecular weight excluding hydrogens is 398 g/mol. The van der Waals surface area contributed by atoms with E-state index in [0.717, 1.165) is 56.2 Å². The molecule has 6 heteroatoms. The molecule has 2 saturated heterocycles. The van der Waals surface area contributed by atoms with Crippen LogP contribution in [0.3, 0.4) is 0 Å². The lowest BCUT2D eigenvalue weighted by Gasteiger charge is -2.46. The van der Waals surface area contributed by atoms with Gasteiger partial charge in [0.2, 0.25) is 5.91 Å². The predicted molar refractivity (Wildman–Crippen MR) is 128 cm³/mol. The SMILES string of the molecule is CCn1ncc(CN(C)C(=O)CCC[C@H]2NCC3CC2CN(Cc2ccccc2)C3)c1C. The van der Waals surface area contributed by atoms with Crippen LogP contribution < -0.4 is 5.32 Å². The van der Waals surface area contributed by atoms with Gasteiger partial charge >= 0.3 is 0 Å². The lowest BCUT2D eigenvalue weighted by Crippen LogP contribution is -2.55. The van der Waals surface area contributed by atoms with Gasteiger partial charge in [-0.1, -0.05) is 30.3 Å².